The Morgan fingerprint density at radius 1 is 1.14 bits per heavy atom. The van der Waals surface area contributed by atoms with E-state index in [-0.39, 0.29) is 52.3 Å². The van der Waals surface area contributed by atoms with Crippen LogP contribution in [0.25, 0.3) is 0 Å². The normalized spacial score (nSPS) is 27.0. The molecule has 0 aliphatic heterocycles. The van der Waals surface area contributed by atoms with Gasteiger partial charge in [-0.1, -0.05) is 11.6 Å². The molecule has 3 N–H and O–H groups in total. The zero-order chi connectivity index (χ0) is 25.7. The third-order valence-corrected chi connectivity index (χ3v) is 9.83. The van der Waals surface area contributed by atoms with Crippen LogP contribution < -0.4 is 5.32 Å². The molecule has 0 aromatic heterocycles. The van der Waals surface area contributed by atoms with Gasteiger partial charge in [0.15, 0.2) is 27.3 Å². The van der Waals surface area contributed by atoms with Crippen LogP contribution in [0.1, 0.15) is 49.4 Å². The molecule has 2 bridgehead atoms. The molecule has 0 heterocycles. The number of aliphatic hydroxyl groups is 2. The van der Waals surface area contributed by atoms with E-state index in [1.54, 1.807) is 6.92 Å². The van der Waals surface area contributed by atoms with E-state index >= 15 is 0 Å². The fraction of sp³-hybridized carbons (Fsp3) is 0.458. The fourth-order valence-corrected chi connectivity index (χ4v) is 7.95. The van der Waals surface area contributed by atoms with Crippen molar-refractivity contribution in [3.05, 3.63) is 58.4 Å². The highest BCUT2D eigenvalue weighted by Gasteiger charge is 2.55. The minimum absolute atomic E-state index is 0.0856. The molecular weight excluding hydrogens is 507 g/mol. The summed E-state index contributed by atoms with van der Waals surface area (Å²) in [5, 5.41) is 22.3. The Bertz CT molecular complexity index is 1230. The maximum absolute atomic E-state index is 13.5. The summed E-state index contributed by atoms with van der Waals surface area (Å²) in [4.78, 5) is 12.4. The summed E-state index contributed by atoms with van der Waals surface area (Å²) in [5.41, 5.74) is -1.58. The quantitative estimate of drug-likeness (QED) is 0.477. The molecule has 190 valence electrons. The molecule has 2 aromatic rings. The molecule has 2 aromatic carbocycles. The number of hydrogen-bond donors (Lipinski definition) is 3. The zero-order valence-corrected chi connectivity index (χ0v) is 20.3. The van der Waals surface area contributed by atoms with Crippen molar-refractivity contribution in [1.29, 1.82) is 0 Å². The van der Waals surface area contributed by atoms with E-state index in [1.165, 1.54) is 12.1 Å². The Morgan fingerprint density at radius 2 is 1.71 bits per heavy atom. The minimum Gasteiger partial charge on any atom is -0.393 e. The SMILES string of the molecule is CC(O)C[C@]1(O)C2CCC1C[C@@H](S(=O)(=O)c1cc(C(=O)Nc3cc(F)c(F)c(F)c3)ccc1Cl)C2. The van der Waals surface area contributed by atoms with Crippen LogP contribution >= 0.6 is 11.6 Å². The first-order valence-corrected chi connectivity index (χ1v) is 13.1. The second kappa shape index (κ2) is 9.38. The molecule has 6 nitrogen and oxygen atoms in total. The van der Waals surface area contributed by atoms with E-state index in [1.807, 2.05) is 0 Å². The Labute approximate surface area is 206 Å². The number of anilines is 1. The van der Waals surface area contributed by atoms with E-state index in [9.17, 15) is 36.6 Å². The topological polar surface area (TPSA) is 104 Å². The highest BCUT2D eigenvalue weighted by Crippen LogP contribution is 2.53. The number of carbonyl (C=O) groups excluding carboxylic acids is 1. The summed E-state index contributed by atoms with van der Waals surface area (Å²) < 4.78 is 67.2. The lowest BCUT2D eigenvalue weighted by Gasteiger charge is -2.43. The Hall–Kier alpha value is -2.14. The van der Waals surface area contributed by atoms with Crippen LogP contribution in [-0.2, 0) is 9.84 Å². The van der Waals surface area contributed by atoms with Crippen molar-refractivity contribution in [3.63, 3.8) is 0 Å². The molecule has 2 aliphatic rings. The molecule has 3 unspecified atom stereocenters. The van der Waals surface area contributed by atoms with Gasteiger partial charge in [0.2, 0.25) is 0 Å². The summed E-state index contributed by atoms with van der Waals surface area (Å²) in [6.45, 7) is 1.59. The number of rotatable bonds is 6. The van der Waals surface area contributed by atoms with Gasteiger partial charge in [-0.2, -0.15) is 0 Å². The number of fused-ring (bicyclic) bond motifs is 2. The largest absolute Gasteiger partial charge is 0.393 e. The van der Waals surface area contributed by atoms with Crippen LogP contribution in [0, 0.1) is 29.3 Å². The summed E-state index contributed by atoms with van der Waals surface area (Å²) in [6.07, 6.45) is 1.16. The first-order chi connectivity index (χ1) is 16.3. The average Bonchev–Trinajstić information content (AvgIpc) is 2.93. The zero-order valence-electron chi connectivity index (χ0n) is 18.8. The molecule has 2 saturated carbocycles. The van der Waals surface area contributed by atoms with Crippen molar-refractivity contribution in [2.45, 2.75) is 60.9 Å². The number of carbonyl (C=O) groups is 1. The molecule has 2 fully saturated rings. The van der Waals surface area contributed by atoms with Crippen molar-refractivity contribution < 1.29 is 36.6 Å². The van der Waals surface area contributed by atoms with Gasteiger partial charge in [0.25, 0.3) is 5.91 Å². The lowest BCUT2D eigenvalue weighted by atomic mass is 9.71. The predicted octanol–water partition coefficient (Wildman–Crippen LogP) is 4.47. The van der Waals surface area contributed by atoms with Crippen LogP contribution in [0.3, 0.4) is 0 Å². The Kier molecular flexibility index (Phi) is 6.95. The van der Waals surface area contributed by atoms with Gasteiger partial charge in [0.05, 0.1) is 26.9 Å². The lowest BCUT2D eigenvalue weighted by Crippen LogP contribution is -2.49. The van der Waals surface area contributed by atoms with E-state index in [4.69, 9.17) is 11.6 Å². The number of hydrogen-bond acceptors (Lipinski definition) is 5. The summed E-state index contributed by atoms with van der Waals surface area (Å²) in [7, 11) is -4.00. The molecule has 11 heteroatoms. The molecule has 1 amide bonds. The van der Waals surface area contributed by atoms with Gasteiger partial charge in [0, 0.05) is 29.8 Å². The second-order valence-electron chi connectivity index (χ2n) is 9.51. The standard InChI is InChI=1S/C24H25ClF3NO5S/c1-12(30)11-24(32)14-3-4-15(24)8-17(7-14)35(33,34)21-6-13(2-5-18(21)25)23(31)29-16-9-19(26)22(28)20(27)10-16/h2,5-6,9-10,12,14-15,17,30,32H,3-4,7-8,11H2,1H3,(H,29,31)/t12?,14?,15?,17-,24-. The highest BCUT2D eigenvalue weighted by molar-refractivity contribution is 7.92. The maximum atomic E-state index is 13.5. The van der Waals surface area contributed by atoms with Crippen molar-refractivity contribution >= 4 is 33.0 Å². The number of benzene rings is 2. The van der Waals surface area contributed by atoms with Crippen molar-refractivity contribution in [2.75, 3.05) is 5.32 Å². The molecule has 35 heavy (non-hydrogen) atoms. The second-order valence-corrected chi connectivity index (χ2v) is 12.1. The molecular formula is C24H25ClF3NO5S. The van der Waals surface area contributed by atoms with Crippen molar-refractivity contribution in [1.82, 2.24) is 0 Å². The fourth-order valence-electron chi connectivity index (χ4n) is 5.54. The summed E-state index contributed by atoms with van der Waals surface area (Å²) in [5.74, 6) is -6.08. The molecule has 0 saturated heterocycles. The van der Waals surface area contributed by atoms with Gasteiger partial charge < -0.3 is 15.5 Å². The summed E-state index contributed by atoms with van der Waals surface area (Å²) >= 11 is 6.20. The third-order valence-electron chi connectivity index (χ3n) is 7.18. The van der Waals surface area contributed by atoms with E-state index < -0.39 is 50.2 Å². The number of sulfone groups is 1. The number of halogens is 4. The van der Waals surface area contributed by atoms with Crippen LogP contribution in [0.4, 0.5) is 18.9 Å². The van der Waals surface area contributed by atoms with E-state index in [0.29, 0.717) is 25.0 Å². The van der Waals surface area contributed by atoms with Crippen LogP contribution in [0.2, 0.25) is 5.02 Å². The van der Waals surface area contributed by atoms with Gasteiger partial charge >= 0.3 is 0 Å². The smallest absolute Gasteiger partial charge is 0.255 e. The average molecular weight is 532 g/mol. The third kappa shape index (κ3) is 4.81. The van der Waals surface area contributed by atoms with Crippen molar-refractivity contribution in [3.8, 4) is 0 Å². The molecule has 0 spiro atoms. The predicted molar refractivity (Wildman–Crippen MR) is 123 cm³/mol. The number of nitrogens with one attached hydrogen (secondary N) is 1. The van der Waals surface area contributed by atoms with Crippen molar-refractivity contribution in [2.24, 2.45) is 11.8 Å². The van der Waals surface area contributed by atoms with Gasteiger partial charge in [-0.3, -0.25) is 4.79 Å². The van der Waals surface area contributed by atoms with E-state index in [2.05, 4.69) is 5.32 Å². The maximum Gasteiger partial charge on any atom is 0.255 e. The lowest BCUT2D eigenvalue weighted by molar-refractivity contribution is -0.0861. The first-order valence-electron chi connectivity index (χ1n) is 11.2. The number of aliphatic hydroxyl groups excluding tert-OH is 1. The van der Waals surface area contributed by atoms with Crippen LogP contribution in [0.15, 0.2) is 35.2 Å². The van der Waals surface area contributed by atoms with E-state index in [0.717, 1.165) is 6.07 Å². The molecule has 4 rings (SSSR count). The first kappa shape index (κ1) is 25.9. The van der Waals surface area contributed by atoms with Gasteiger partial charge in [-0.05, 0) is 62.6 Å². The molecule has 0 radical (unpaired) electrons. The Balaban J connectivity index is 1.58. The highest BCUT2D eigenvalue weighted by atomic mass is 35.5. The molecule has 2 aliphatic carbocycles. The van der Waals surface area contributed by atoms with Crippen LogP contribution in [0.5, 0.6) is 0 Å². The summed E-state index contributed by atoms with van der Waals surface area (Å²) in [6, 6.07) is 4.82. The van der Waals surface area contributed by atoms with Gasteiger partial charge in [0.1, 0.15) is 0 Å². The number of amides is 1. The Morgan fingerprint density at radius 3 is 2.26 bits per heavy atom. The monoisotopic (exact) mass is 531 g/mol. The molecule has 3 atom stereocenters. The minimum atomic E-state index is -4.00. The van der Waals surface area contributed by atoms with Crippen LogP contribution in [-0.4, -0.2) is 41.5 Å². The van der Waals surface area contributed by atoms with Gasteiger partial charge in [-0.15, -0.1) is 0 Å². The van der Waals surface area contributed by atoms with Gasteiger partial charge in [-0.25, -0.2) is 21.6 Å².